The van der Waals surface area contributed by atoms with Gasteiger partial charge >= 0.3 is 0 Å². The zero-order chi connectivity index (χ0) is 18.7. The molecule has 2 aliphatic rings. The van der Waals surface area contributed by atoms with Gasteiger partial charge in [-0.2, -0.15) is 0 Å². The molecular weight excluding hydrogens is 338 g/mol. The van der Waals surface area contributed by atoms with Gasteiger partial charge in [0.2, 0.25) is 5.91 Å². The number of hydrogen-bond donors (Lipinski definition) is 3. The number of carbonyl (C=O) groups excluding carboxylic acids is 1. The third-order valence-corrected chi connectivity index (χ3v) is 5.55. The van der Waals surface area contributed by atoms with Crippen LogP contribution in [0.25, 0.3) is 0 Å². The van der Waals surface area contributed by atoms with Gasteiger partial charge in [-0.1, -0.05) is 6.07 Å². The first-order chi connectivity index (χ1) is 12.4. The second-order valence-corrected chi connectivity index (χ2v) is 7.58. The lowest BCUT2D eigenvalue weighted by Gasteiger charge is -2.37. The Morgan fingerprint density at radius 2 is 2.04 bits per heavy atom. The number of amides is 1. The van der Waals surface area contributed by atoms with Gasteiger partial charge in [-0.15, -0.1) is 0 Å². The summed E-state index contributed by atoms with van der Waals surface area (Å²) in [5, 5.41) is 8.44. The molecular formula is C19H28F2N4O. The van der Waals surface area contributed by atoms with E-state index in [0.29, 0.717) is 18.4 Å². The van der Waals surface area contributed by atoms with Crippen molar-refractivity contribution in [3.05, 3.63) is 35.4 Å². The molecule has 0 saturated carbocycles. The van der Waals surface area contributed by atoms with Gasteiger partial charge in [0, 0.05) is 19.6 Å². The van der Waals surface area contributed by atoms with Gasteiger partial charge in [0.15, 0.2) is 11.6 Å². The third-order valence-electron chi connectivity index (χ3n) is 5.55. The maximum Gasteiger partial charge on any atom is 0.239 e. The molecule has 2 fully saturated rings. The fraction of sp³-hybridized carbons (Fsp3) is 0.632. The standard InChI is InChI=1S/C19H28F2N4O/c1-12-3-7-17(24-25(12)2)19(26)23-18-8-5-14(11-22-18)9-13-4-6-15(20)16(21)10-13/h4,6,10,12,14,17-18,22,24H,3,5,7-9,11H2,1-2H3,(H,23,26). The van der Waals surface area contributed by atoms with Crippen molar-refractivity contribution in [2.24, 2.45) is 5.92 Å². The Hall–Kier alpha value is -1.57. The number of hydrazine groups is 1. The lowest BCUT2D eigenvalue weighted by Crippen LogP contribution is -2.60. The van der Waals surface area contributed by atoms with Crippen LogP contribution in [0.5, 0.6) is 0 Å². The summed E-state index contributed by atoms with van der Waals surface area (Å²) in [6.07, 6.45) is 4.27. The quantitative estimate of drug-likeness (QED) is 0.762. The summed E-state index contributed by atoms with van der Waals surface area (Å²) in [4.78, 5) is 12.4. The van der Waals surface area contributed by atoms with Gasteiger partial charge in [0.25, 0.3) is 0 Å². The number of nitrogens with zero attached hydrogens (tertiary/aromatic N) is 1. The summed E-state index contributed by atoms with van der Waals surface area (Å²) in [6, 6.07) is 4.34. The molecule has 5 nitrogen and oxygen atoms in total. The van der Waals surface area contributed by atoms with Crippen molar-refractivity contribution in [3.8, 4) is 0 Å². The Labute approximate surface area is 153 Å². The Morgan fingerprint density at radius 3 is 2.69 bits per heavy atom. The first-order valence-corrected chi connectivity index (χ1v) is 9.39. The highest BCUT2D eigenvalue weighted by Crippen LogP contribution is 2.20. The predicted molar refractivity (Wildman–Crippen MR) is 96.1 cm³/mol. The summed E-state index contributed by atoms with van der Waals surface area (Å²) >= 11 is 0. The van der Waals surface area contributed by atoms with Gasteiger partial charge in [-0.05, 0) is 62.6 Å². The highest BCUT2D eigenvalue weighted by Gasteiger charge is 2.29. The Morgan fingerprint density at radius 1 is 1.23 bits per heavy atom. The maximum absolute atomic E-state index is 13.3. The molecule has 1 aromatic carbocycles. The van der Waals surface area contributed by atoms with Crippen LogP contribution in [0, 0.1) is 17.6 Å². The van der Waals surface area contributed by atoms with Crippen LogP contribution in [-0.2, 0) is 11.2 Å². The van der Waals surface area contributed by atoms with E-state index in [0.717, 1.165) is 37.8 Å². The van der Waals surface area contributed by atoms with Crippen molar-refractivity contribution >= 4 is 5.91 Å². The van der Waals surface area contributed by atoms with Crippen LogP contribution in [0.15, 0.2) is 18.2 Å². The van der Waals surface area contributed by atoms with E-state index >= 15 is 0 Å². The molecule has 4 unspecified atom stereocenters. The van der Waals surface area contributed by atoms with Gasteiger partial charge in [0.05, 0.1) is 6.17 Å². The summed E-state index contributed by atoms with van der Waals surface area (Å²) in [7, 11) is 1.96. The van der Waals surface area contributed by atoms with Crippen LogP contribution >= 0.6 is 0 Å². The van der Waals surface area contributed by atoms with Crippen LogP contribution in [0.1, 0.15) is 38.2 Å². The molecule has 0 spiro atoms. The lowest BCUT2D eigenvalue weighted by atomic mass is 9.91. The zero-order valence-electron chi connectivity index (χ0n) is 15.4. The van der Waals surface area contributed by atoms with Crippen LogP contribution < -0.4 is 16.1 Å². The molecule has 3 rings (SSSR count). The van der Waals surface area contributed by atoms with E-state index in [9.17, 15) is 13.6 Å². The molecule has 1 amide bonds. The molecule has 2 aliphatic heterocycles. The van der Waals surface area contributed by atoms with Crippen LogP contribution in [0.4, 0.5) is 8.78 Å². The Balaban J connectivity index is 1.43. The van der Waals surface area contributed by atoms with Gasteiger partial charge in [-0.25, -0.2) is 19.2 Å². The summed E-state index contributed by atoms with van der Waals surface area (Å²) in [5.74, 6) is -1.22. The molecule has 0 bridgehead atoms. The normalized spacial score (nSPS) is 30.2. The number of rotatable bonds is 4. The van der Waals surface area contributed by atoms with E-state index in [1.165, 1.54) is 12.1 Å². The van der Waals surface area contributed by atoms with E-state index in [1.54, 1.807) is 6.07 Å². The number of halogens is 2. The zero-order valence-corrected chi connectivity index (χ0v) is 15.4. The Kier molecular flexibility index (Phi) is 6.21. The Bertz CT molecular complexity index is 634. The van der Waals surface area contributed by atoms with Crippen LogP contribution in [0.2, 0.25) is 0 Å². The van der Waals surface area contributed by atoms with Crippen molar-refractivity contribution < 1.29 is 13.6 Å². The van der Waals surface area contributed by atoms with Crippen LogP contribution in [-0.4, -0.2) is 42.8 Å². The smallest absolute Gasteiger partial charge is 0.239 e. The average molecular weight is 366 g/mol. The summed E-state index contributed by atoms with van der Waals surface area (Å²) < 4.78 is 26.3. The maximum atomic E-state index is 13.3. The van der Waals surface area contributed by atoms with Crippen molar-refractivity contribution in [1.82, 2.24) is 21.1 Å². The van der Waals surface area contributed by atoms with Crippen molar-refractivity contribution in [2.45, 2.75) is 57.3 Å². The molecule has 0 aromatic heterocycles. The minimum absolute atomic E-state index is 0.0281. The van der Waals surface area contributed by atoms with E-state index < -0.39 is 11.6 Å². The van der Waals surface area contributed by atoms with Gasteiger partial charge in [0.1, 0.15) is 6.04 Å². The molecule has 4 atom stereocenters. The van der Waals surface area contributed by atoms with E-state index in [4.69, 9.17) is 0 Å². The van der Waals surface area contributed by atoms with Crippen molar-refractivity contribution in [2.75, 3.05) is 13.6 Å². The second kappa shape index (κ2) is 8.41. The van der Waals surface area contributed by atoms with Crippen molar-refractivity contribution in [3.63, 3.8) is 0 Å². The molecule has 1 aromatic rings. The highest BCUT2D eigenvalue weighted by molar-refractivity contribution is 5.82. The number of benzene rings is 1. The minimum atomic E-state index is -0.811. The lowest BCUT2D eigenvalue weighted by molar-refractivity contribution is -0.127. The molecule has 3 N–H and O–H groups in total. The molecule has 144 valence electrons. The van der Waals surface area contributed by atoms with E-state index in [2.05, 4.69) is 23.0 Å². The summed E-state index contributed by atoms with van der Waals surface area (Å²) in [6.45, 7) is 2.88. The van der Waals surface area contributed by atoms with Crippen LogP contribution in [0.3, 0.4) is 0 Å². The van der Waals surface area contributed by atoms with E-state index in [1.807, 2.05) is 12.1 Å². The molecule has 7 heteroatoms. The minimum Gasteiger partial charge on any atom is -0.339 e. The fourth-order valence-corrected chi connectivity index (χ4v) is 3.71. The average Bonchev–Trinajstić information content (AvgIpc) is 2.62. The van der Waals surface area contributed by atoms with Gasteiger partial charge < -0.3 is 5.32 Å². The molecule has 26 heavy (non-hydrogen) atoms. The number of hydrogen-bond acceptors (Lipinski definition) is 4. The molecule has 2 heterocycles. The second-order valence-electron chi connectivity index (χ2n) is 7.58. The predicted octanol–water partition coefficient (Wildman–Crippen LogP) is 1.94. The number of piperidine rings is 1. The first-order valence-electron chi connectivity index (χ1n) is 9.39. The molecule has 2 saturated heterocycles. The van der Waals surface area contributed by atoms with Gasteiger partial charge in [-0.3, -0.25) is 10.1 Å². The monoisotopic (exact) mass is 366 g/mol. The molecule has 0 radical (unpaired) electrons. The van der Waals surface area contributed by atoms with Crippen molar-refractivity contribution in [1.29, 1.82) is 0 Å². The largest absolute Gasteiger partial charge is 0.339 e. The number of nitrogens with one attached hydrogen (secondary N) is 3. The number of carbonyl (C=O) groups is 1. The molecule has 0 aliphatic carbocycles. The topological polar surface area (TPSA) is 56.4 Å². The summed E-state index contributed by atoms with van der Waals surface area (Å²) in [5.41, 5.74) is 4.04. The third kappa shape index (κ3) is 4.78. The van der Waals surface area contributed by atoms with E-state index in [-0.39, 0.29) is 18.1 Å². The first kappa shape index (κ1) is 19.2. The fourth-order valence-electron chi connectivity index (χ4n) is 3.71. The highest BCUT2D eigenvalue weighted by atomic mass is 19.2. The SMILES string of the molecule is CC1CCC(C(=O)NC2CCC(Cc3ccc(F)c(F)c3)CN2)NN1C.